The van der Waals surface area contributed by atoms with Crippen molar-refractivity contribution >= 4 is 0 Å². The Morgan fingerprint density at radius 2 is 1.19 bits per heavy atom. The largest absolute Gasteiger partial charge is 0.494 e. The van der Waals surface area contributed by atoms with Gasteiger partial charge in [-0.25, -0.2) is 0 Å². The first-order valence-electron chi connectivity index (χ1n) is 9.66. The lowest BCUT2D eigenvalue weighted by atomic mass is 9.88. The zero-order valence-corrected chi connectivity index (χ0v) is 17.7. The van der Waals surface area contributed by atoms with Crippen LogP contribution in [0.5, 0.6) is 5.75 Å². The van der Waals surface area contributed by atoms with Gasteiger partial charge < -0.3 is 9.84 Å². The molecule has 0 radical (unpaired) electrons. The van der Waals surface area contributed by atoms with E-state index in [0.717, 1.165) is 18.2 Å². The van der Waals surface area contributed by atoms with Crippen LogP contribution in [0, 0.1) is 0 Å². The Morgan fingerprint density at radius 1 is 0.722 bits per heavy atom. The summed E-state index contributed by atoms with van der Waals surface area (Å²) in [5.74, 6) is -47.2. The van der Waals surface area contributed by atoms with Crippen molar-refractivity contribution in [3.8, 4) is 5.75 Å². The van der Waals surface area contributed by atoms with E-state index >= 15 is 0 Å². The maximum Gasteiger partial charge on any atom is 0.460 e. The molecule has 1 unspecified atom stereocenters. The number of halogens is 15. The Balaban J connectivity index is 3.34. The average molecular weight is 562 g/mol. The van der Waals surface area contributed by atoms with E-state index < -0.39 is 59.8 Å². The third-order valence-corrected chi connectivity index (χ3v) is 4.85. The van der Waals surface area contributed by atoms with Crippen molar-refractivity contribution in [2.45, 2.75) is 74.0 Å². The van der Waals surface area contributed by atoms with Gasteiger partial charge in [-0.1, -0.05) is 25.5 Å². The van der Waals surface area contributed by atoms with Gasteiger partial charge in [0.2, 0.25) is 0 Å². The summed E-state index contributed by atoms with van der Waals surface area (Å²) < 4.78 is 204. The predicted molar refractivity (Wildman–Crippen MR) is 92.2 cm³/mol. The number of ether oxygens (including phenoxy) is 1. The molecule has 0 spiro atoms. The first-order chi connectivity index (χ1) is 15.9. The maximum atomic E-state index is 14.0. The van der Waals surface area contributed by atoms with Crippen LogP contribution in [-0.2, 0) is 0 Å². The topological polar surface area (TPSA) is 29.5 Å². The van der Waals surface area contributed by atoms with Crippen LogP contribution < -0.4 is 4.74 Å². The van der Waals surface area contributed by atoms with Crippen LogP contribution in [0.15, 0.2) is 24.3 Å². The average Bonchev–Trinajstić information content (AvgIpc) is 2.72. The normalized spacial score (nSPS) is 15.7. The number of alkyl halides is 15. The molecule has 0 aliphatic rings. The third kappa shape index (κ3) is 5.30. The van der Waals surface area contributed by atoms with Crippen molar-refractivity contribution in [2.75, 3.05) is 6.61 Å². The lowest BCUT2D eigenvalue weighted by Crippen LogP contribution is -2.72. The summed E-state index contributed by atoms with van der Waals surface area (Å²) in [7, 11) is 0. The van der Waals surface area contributed by atoms with Crippen LogP contribution in [0.3, 0.4) is 0 Å². The van der Waals surface area contributed by atoms with Crippen LogP contribution >= 0.6 is 0 Å². The van der Waals surface area contributed by atoms with Gasteiger partial charge >= 0.3 is 41.7 Å². The van der Waals surface area contributed by atoms with Gasteiger partial charge in [-0.05, 0) is 24.1 Å². The fourth-order valence-electron chi connectivity index (χ4n) is 2.63. The van der Waals surface area contributed by atoms with E-state index in [4.69, 9.17) is 4.74 Å². The van der Waals surface area contributed by atoms with E-state index in [1.165, 1.54) is 6.07 Å². The Labute approximate surface area is 193 Å². The molecule has 1 rings (SSSR count). The van der Waals surface area contributed by atoms with Gasteiger partial charge in [0.05, 0.1) is 12.7 Å². The quantitative estimate of drug-likeness (QED) is 0.209. The second-order valence-corrected chi connectivity index (χ2v) is 7.57. The van der Waals surface area contributed by atoms with Gasteiger partial charge in [-0.2, -0.15) is 65.9 Å². The number of hydrogen-bond acceptors (Lipinski definition) is 2. The van der Waals surface area contributed by atoms with Crippen molar-refractivity contribution in [2.24, 2.45) is 0 Å². The van der Waals surface area contributed by atoms with Gasteiger partial charge in [0.15, 0.2) is 0 Å². The van der Waals surface area contributed by atoms with Gasteiger partial charge in [0.25, 0.3) is 0 Å². The molecular weight excluding hydrogens is 545 g/mol. The molecule has 0 fully saturated rings. The molecule has 0 saturated carbocycles. The van der Waals surface area contributed by atoms with Crippen molar-refractivity contribution < 1.29 is 75.7 Å². The lowest BCUT2D eigenvalue weighted by Gasteiger charge is -2.41. The second kappa shape index (κ2) is 10.0. The standard InChI is InChI=1S/C19H17F15O2/c1-2-3-7-36-11-6-4-5-10(8-11)12(35)9-13(20,21)14(22,23)15(24,25)16(26,27)17(28,29)18(30,31)19(32,33)34/h4-6,8,12,35H,2-3,7,9H2,1H3. The molecule has 1 atom stereocenters. The summed E-state index contributed by atoms with van der Waals surface area (Å²) in [6.07, 6.45) is -12.3. The first kappa shape index (κ1) is 32.0. The number of hydrogen-bond donors (Lipinski definition) is 1. The maximum absolute atomic E-state index is 14.0. The Morgan fingerprint density at radius 3 is 1.67 bits per heavy atom. The molecular formula is C19H17F15O2. The van der Waals surface area contributed by atoms with Gasteiger partial charge in [0, 0.05) is 6.42 Å². The molecule has 17 heteroatoms. The summed E-state index contributed by atoms with van der Waals surface area (Å²) in [6, 6.07) is 3.74. The highest BCUT2D eigenvalue weighted by atomic mass is 19.4. The Kier molecular flexibility index (Phi) is 8.88. The van der Waals surface area contributed by atoms with Crippen LogP contribution in [0.1, 0.15) is 37.9 Å². The molecule has 36 heavy (non-hydrogen) atoms. The van der Waals surface area contributed by atoms with E-state index in [1.54, 1.807) is 6.92 Å². The summed E-state index contributed by atoms with van der Waals surface area (Å²) in [4.78, 5) is 0. The molecule has 0 amide bonds. The van der Waals surface area contributed by atoms with Crippen molar-refractivity contribution in [3.05, 3.63) is 29.8 Å². The second-order valence-electron chi connectivity index (χ2n) is 7.57. The molecule has 1 aromatic carbocycles. The number of aliphatic hydroxyl groups is 1. The smallest absolute Gasteiger partial charge is 0.460 e. The van der Waals surface area contributed by atoms with E-state index in [-0.39, 0.29) is 12.4 Å². The number of unbranched alkanes of at least 4 members (excludes halogenated alkanes) is 1. The zero-order valence-electron chi connectivity index (χ0n) is 17.7. The van der Waals surface area contributed by atoms with E-state index in [9.17, 15) is 71.0 Å². The molecule has 210 valence electrons. The summed E-state index contributed by atoms with van der Waals surface area (Å²) in [5, 5.41) is 9.76. The zero-order chi connectivity index (χ0) is 28.6. The van der Waals surface area contributed by atoms with Crippen LogP contribution in [0.25, 0.3) is 0 Å². The molecule has 0 aliphatic carbocycles. The van der Waals surface area contributed by atoms with Crippen LogP contribution in [-0.4, -0.2) is 53.4 Å². The van der Waals surface area contributed by atoms with Crippen LogP contribution in [0.4, 0.5) is 65.9 Å². The Bertz CT molecular complexity index is 880. The van der Waals surface area contributed by atoms with Crippen molar-refractivity contribution in [1.29, 1.82) is 0 Å². The van der Waals surface area contributed by atoms with E-state index in [1.807, 2.05) is 0 Å². The fourth-order valence-corrected chi connectivity index (χ4v) is 2.63. The summed E-state index contributed by atoms with van der Waals surface area (Å²) >= 11 is 0. The van der Waals surface area contributed by atoms with E-state index in [2.05, 4.69) is 0 Å². The highest BCUT2D eigenvalue weighted by Crippen LogP contribution is 2.63. The van der Waals surface area contributed by atoms with Gasteiger partial charge in [-0.15, -0.1) is 0 Å². The minimum atomic E-state index is -8.36. The van der Waals surface area contributed by atoms with Gasteiger partial charge in [-0.3, -0.25) is 0 Å². The molecule has 0 saturated heterocycles. The molecule has 0 aromatic heterocycles. The van der Waals surface area contributed by atoms with Crippen molar-refractivity contribution in [3.63, 3.8) is 0 Å². The summed E-state index contributed by atoms with van der Waals surface area (Å²) in [6.45, 7) is 1.81. The minimum absolute atomic E-state index is 0.0579. The van der Waals surface area contributed by atoms with Crippen molar-refractivity contribution in [1.82, 2.24) is 0 Å². The molecule has 2 nitrogen and oxygen atoms in total. The summed E-state index contributed by atoms with van der Waals surface area (Å²) in [5.41, 5.74) is -0.719. The molecule has 1 aromatic rings. The Hall–Kier alpha value is -2.07. The highest BCUT2D eigenvalue weighted by molar-refractivity contribution is 5.30. The van der Waals surface area contributed by atoms with E-state index in [0.29, 0.717) is 12.8 Å². The number of benzene rings is 1. The van der Waals surface area contributed by atoms with Crippen LogP contribution in [0.2, 0.25) is 0 Å². The lowest BCUT2D eigenvalue weighted by molar-refractivity contribution is -0.453. The molecule has 0 heterocycles. The molecule has 0 bridgehead atoms. The molecule has 1 N–H and O–H groups in total. The monoisotopic (exact) mass is 562 g/mol. The predicted octanol–water partition coefficient (Wildman–Crippen LogP) is 7.66. The third-order valence-electron chi connectivity index (χ3n) is 4.85. The minimum Gasteiger partial charge on any atom is -0.494 e. The SMILES string of the molecule is CCCCOc1cccc(C(O)CC(F)(F)C(F)(F)C(F)(F)C(F)(F)C(F)(F)C(F)(F)C(F)(F)F)c1. The highest BCUT2D eigenvalue weighted by Gasteiger charge is 2.93. The first-order valence-corrected chi connectivity index (χ1v) is 9.66. The fraction of sp³-hybridized carbons (Fsp3) is 0.684. The number of rotatable bonds is 12. The van der Waals surface area contributed by atoms with Gasteiger partial charge in [0.1, 0.15) is 5.75 Å². The number of aliphatic hydroxyl groups excluding tert-OH is 1. The molecule has 0 aliphatic heterocycles.